The largest absolute Gasteiger partial charge is 0.493 e. The molecule has 0 radical (unpaired) electrons. The molecule has 0 fully saturated rings. The lowest BCUT2D eigenvalue weighted by atomic mass is 10.1. The molecular formula is C19H16N2O3S. The highest BCUT2D eigenvalue weighted by Gasteiger charge is 2.22. The predicted octanol–water partition coefficient (Wildman–Crippen LogP) is 4.11. The summed E-state index contributed by atoms with van der Waals surface area (Å²) in [6.45, 7) is 0.809. The number of carbonyl (C=O) groups excluding carboxylic acids is 1. The van der Waals surface area contributed by atoms with Gasteiger partial charge in [0.05, 0.1) is 23.6 Å². The predicted molar refractivity (Wildman–Crippen MR) is 97.1 cm³/mol. The van der Waals surface area contributed by atoms with E-state index < -0.39 is 0 Å². The van der Waals surface area contributed by atoms with Crippen LogP contribution in [-0.4, -0.2) is 17.5 Å². The van der Waals surface area contributed by atoms with E-state index in [1.807, 2.05) is 54.6 Å². The first-order chi connectivity index (χ1) is 12.3. The Bertz CT molecular complexity index is 893. The molecule has 1 N–H and O–H groups in total. The van der Waals surface area contributed by atoms with E-state index in [4.69, 9.17) is 9.47 Å². The van der Waals surface area contributed by atoms with Gasteiger partial charge in [0.25, 0.3) is 0 Å². The van der Waals surface area contributed by atoms with Gasteiger partial charge in [0, 0.05) is 5.56 Å². The number of carbonyl (C=O) groups is 1. The molecule has 0 bridgehead atoms. The standard InChI is InChI=1S/C19H16N2O3S/c22-17(10-11-23-13-6-2-1-3-7-13)20-19-21-18-14-8-4-5-9-15(14)24-12-16(18)25-19/h1-9H,10-12H2,(H,20,21,22). The van der Waals surface area contributed by atoms with E-state index in [1.54, 1.807) is 0 Å². The summed E-state index contributed by atoms with van der Waals surface area (Å²) >= 11 is 1.45. The Morgan fingerprint density at radius 3 is 2.84 bits per heavy atom. The molecule has 5 nitrogen and oxygen atoms in total. The number of ether oxygens (including phenoxy) is 2. The van der Waals surface area contributed by atoms with E-state index in [-0.39, 0.29) is 12.3 Å². The Kier molecular flexibility index (Phi) is 4.35. The molecule has 3 aromatic rings. The average Bonchev–Trinajstić information content (AvgIpc) is 3.05. The van der Waals surface area contributed by atoms with Gasteiger partial charge < -0.3 is 14.8 Å². The minimum Gasteiger partial charge on any atom is -0.493 e. The first-order valence-corrected chi connectivity index (χ1v) is 8.81. The number of benzene rings is 2. The lowest BCUT2D eigenvalue weighted by Crippen LogP contribution is -2.15. The van der Waals surface area contributed by atoms with Crippen molar-refractivity contribution in [3.05, 3.63) is 59.5 Å². The maximum atomic E-state index is 12.1. The molecule has 6 heteroatoms. The van der Waals surface area contributed by atoms with Crippen molar-refractivity contribution in [2.24, 2.45) is 0 Å². The summed E-state index contributed by atoms with van der Waals surface area (Å²) in [6.07, 6.45) is 0.270. The third-order valence-electron chi connectivity index (χ3n) is 3.79. The van der Waals surface area contributed by atoms with Crippen LogP contribution in [0.5, 0.6) is 11.5 Å². The van der Waals surface area contributed by atoms with E-state index in [1.165, 1.54) is 11.3 Å². The van der Waals surface area contributed by atoms with Crippen molar-refractivity contribution in [1.82, 2.24) is 4.98 Å². The van der Waals surface area contributed by atoms with Crippen LogP contribution < -0.4 is 14.8 Å². The summed E-state index contributed by atoms with van der Waals surface area (Å²) in [5.41, 5.74) is 1.86. The van der Waals surface area contributed by atoms with Crippen molar-refractivity contribution in [1.29, 1.82) is 0 Å². The van der Waals surface area contributed by atoms with Gasteiger partial charge in [0.1, 0.15) is 18.1 Å². The summed E-state index contributed by atoms with van der Waals surface area (Å²) in [6, 6.07) is 17.2. The SMILES string of the molecule is O=C(CCOc1ccccc1)Nc1nc2c(s1)COc1ccccc1-2. The van der Waals surface area contributed by atoms with Crippen LogP contribution in [-0.2, 0) is 11.4 Å². The van der Waals surface area contributed by atoms with Crippen molar-refractivity contribution < 1.29 is 14.3 Å². The number of hydrogen-bond acceptors (Lipinski definition) is 5. The summed E-state index contributed by atoms with van der Waals surface area (Å²) in [4.78, 5) is 17.7. The van der Waals surface area contributed by atoms with E-state index in [0.717, 1.165) is 27.6 Å². The number of rotatable bonds is 5. The van der Waals surface area contributed by atoms with Crippen LogP contribution in [0.3, 0.4) is 0 Å². The Hall–Kier alpha value is -2.86. The summed E-state index contributed by atoms with van der Waals surface area (Å²) in [5.74, 6) is 1.47. The molecule has 4 rings (SSSR count). The second kappa shape index (κ2) is 6.94. The second-order valence-corrected chi connectivity index (χ2v) is 6.62. The van der Waals surface area contributed by atoms with Crippen molar-refractivity contribution in [3.63, 3.8) is 0 Å². The molecule has 126 valence electrons. The lowest BCUT2D eigenvalue weighted by Gasteiger charge is -2.15. The van der Waals surface area contributed by atoms with Crippen LogP contribution >= 0.6 is 11.3 Å². The zero-order valence-corrected chi connectivity index (χ0v) is 14.2. The van der Waals surface area contributed by atoms with Gasteiger partial charge in [-0.15, -0.1) is 0 Å². The summed E-state index contributed by atoms with van der Waals surface area (Å²) in [7, 11) is 0. The molecule has 0 saturated heterocycles. The Labute approximate surface area is 149 Å². The monoisotopic (exact) mass is 352 g/mol. The number of amides is 1. The molecule has 2 aromatic carbocycles. The number of thiazole rings is 1. The normalized spacial score (nSPS) is 11.8. The van der Waals surface area contributed by atoms with Crippen molar-refractivity contribution in [2.75, 3.05) is 11.9 Å². The van der Waals surface area contributed by atoms with Gasteiger partial charge >= 0.3 is 0 Å². The maximum absolute atomic E-state index is 12.1. The van der Waals surface area contributed by atoms with Gasteiger partial charge in [-0.25, -0.2) is 4.98 Å². The van der Waals surface area contributed by atoms with Gasteiger partial charge in [0.2, 0.25) is 5.91 Å². The number of nitrogens with zero attached hydrogens (tertiary/aromatic N) is 1. The van der Waals surface area contributed by atoms with E-state index in [9.17, 15) is 4.79 Å². The van der Waals surface area contributed by atoms with Crippen LogP contribution in [0, 0.1) is 0 Å². The lowest BCUT2D eigenvalue weighted by molar-refractivity contribution is -0.116. The highest BCUT2D eigenvalue weighted by atomic mass is 32.1. The molecule has 0 atom stereocenters. The van der Waals surface area contributed by atoms with Crippen molar-refractivity contribution in [2.45, 2.75) is 13.0 Å². The van der Waals surface area contributed by atoms with Crippen LogP contribution in [0.15, 0.2) is 54.6 Å². The zero-order chi connectivity index (χ0) is 17.1. The number of aromatic nitrogens is 1. The first-order valence-electron chi connectivity index (χ1n) is 7.99. The number of para-hydroxylation sites is 2. The van der Waals surface area contributed by atoms with Crippen LogP contribution in [0.1, 0.15) is 11.3 Å². The smallest absolute Gasteiger partial charge is 0.229 e. The van der Waals surface area contributed by atoms with E-state index in [2.05, 4.69) is 10.3 Å². The molecular weight excluding hydrogens is 336 g/mol. The average molecular weight is 352 g/mol. The van der Waals surface area contributed by atoms with Crippen LogP contribution in [0.2, 0.25) is 0 Å². The Morgan fingerprint density at radius 2 is 1.96 bits per heavy atom. The molecule has 0 aliphatic carbocycles. The summed E-state index contributed by atoms with van der Waals surface area (Å²) < 4.78 is 11.3. The van der Waals surface area contributed by atoms with Gasteiger partial charge in [0.15, 0.2) is 5.13 Å². The third kappa shape index (κ3) is 3.49. The number of hydrogen-bond donors (Lipinski definition) is 1. The third-order valence-corrected chi connectivity index (χ3v) is 4.73. The quantitative estimate of drug-likeness (QED) is 0.751. The van der Waals surface area contributed by atoms with Gasteiger partial charge in [-0.05, 0) is 24.3 Å². The molecule has 0 saturated carbocycles. The maximum Gasteiger partial charge on any atom is 0.229 e. The van der Waals surface area contributed by atoms with Gasteiger partial charge in [-0.2, -0.15) is 0 Å². The highest BCUT2D eigenvalue weighted by Crippen LogP contribution is 2.40. The minimum atomic E-state index is -0.115. The second-order valence-electron chi connectivity index (χ2n) is 5.54. The first kappa shape index (κ1) is 15.7. The van der Waals surface area contributed by atoms with Crippen molar-refractivity contribution >= 4 is 22.4 Å². The van der Waals surface area contributed by atoms with Gasteiger partial charge in [-0.1, -0.05) is 41.7 Å². The zero-order valence-electron chi connectivity index (χ0n) is 13.4. The molecule has 1 aliphatic heterocycles. The van der Waals surface area contributed by atoms with E-state index >= 15 is 0 Å². The van der Waals surface area contributed by atoms with Gasteiger partial charge in [-0.3, -0.25) is 4.79 Å². The minimum absolute atomic E-state index is 0.115. The highest BCUT2D eigenvalue weighted by molar-refractivity contribution is 7.16. The molecule has 2 heterocycles. The number of anilines is 1. The molecule has 25 heavy (non-hydrogen) atoms. The fraction of sp³-hybridized carbons (Fsp3) is 0.158. The van der Waals surface area contributed by atoms with E-state index in [0.29, 0.717) is 18.3 Å². The number of nitrogens with one attached hydrogen (secondary N) is 1. The molecule has 1 amide bonds. The number of fused-ring (bicyclic) bond motifs is 3. The topological polar surface area (TPSA) is 60.5 Å². The van der Waals surface area contributed by atoms with Crippen LogP contribution in [0.25, 0.3) is 11.3 Å². The molecule has 0 unspecified atom stereocenters. The van der Waals surface area contributed by atoms with Crippen molar-refractivity contribution in [3.8, 4) is 22.8 Å². The molecule has 1 aromatic heterocycles. The Balaban J connectivity index is 1.38. The Morgan fingerprint density at radius 1 is 1.16 bits per heavy atom. The van der Waals surface area contributed by atoms with Crippen LogP contribution in [0.4, 0.5) is 5.13 Å². The fourth-order valence-electron chi connectivity index (χ4n) is 2.60. The molecule has 1 aliphatic rings. The molecule has 0 spiro atoms. The fourth-order valence-corrected chi connectivity index (χ4v) is 3.51. The summed E-state index contributed by atoms with van der Waals surface area (Å²) in [5, 5.41) is 3.44.